The number of aryl methyl sites for hydroxylation is 2. The number of carbonyl (C=O) groups is 2. The molecule has 1 aliphatic rings. The van der Waals surface area contributed by atoms with Crippen LogP contribution in [0.1, 0.15) is 32.9 Å². The van der Waals surface area contributed by atoms with Crippen molar-refractivity contribution in [3.63, 3.8) is 0 Å². The number of nitrogens with zero attached hydrogens (tertiary/aromatic N) is 1. The number of aromatic nitrogens is 1. The molecule has 6 heteroatoms. The highest BCUT2D eigenvalue weighted by molar-refractivity contribution is 6.09. The van der Waals surface area contributed by atoms with Gasteiger partial charge in [0.1, 0.15) is 18.1 Å². The molecular formula is C15H14N2O4. The lowest BCUT2D eigenvalue weighted by Crippen LogP contribution is -2.37. The zero-order valence-electron chi connectivity index (χ0n) is 11.7. The van der Waals surface area contributed by atoms with Crippen molar-refractivity contribution < 1.29 is 18.8 Å². The van der Waals surface area contributed by atoms with Crippen molar-refractivity contribution in [3.05, 3.63) is 46.3 Å². The molecule has 0 bridgehead atoms. The Labute approximate surface area is 121 Å². The van der Waals surface area contributed by atoms with E-state index in [1.807, 2.05) is 13.8 Å². The van der Waals surface area contributed by atoms with Gasteiger partial charge in [0.05, 0.1) is 17.7 Å². The maximum absolute atomic E-state index is 11.6. The average molecular weight is 286 g/mol. The molecule has 2 heterocycles. The summed E-state index contributed by atoms with van der Waals surface area (Å²) in [5.41, 5.74) is 2.89. The van der Waals surface area contributed by atoms with Crippen molar-refractivity contribution in [3.8, 4) is 5.75 Å². The van der Waals surface area contributed by atoms with Gasteiger partial charge in [0, 0.05) is 5.56 Å². The Balaban J connectivity index is 1.80. The molecule has 0 saturated carbocycles. The topological polar surface area (TPSA) is 81.4 Å². The molecule has 0 saturated heterocycles. The summed E-state index contributed by atoms with van der Waals surface area (Å²) in [6, 6.07) is 5.11. The van der Waals surface area contributed by atoms with Crippen LogP contribution >= 0.6 is 0 Å². The van der Waals surface area contributed by atoms with Crippen LogP contribution in [0.15, 0.2) is 22.7 Å². The standard InChI is InChI=1S/C15H14N2O4/c1-8-13(9(2)21-17-8)7-20-11-3-4-12-10(5-11)6-14(18)16-15(12)19/h3-5H,6-7H2,1-2H3,(H,16,18,19). The number of hydrogen-bond donors (Lipinski definition) is 1. The Hall–Kier alpha value is -2.63. The molecule has 0 aliphatic carbocycles. The van der Waals surface area contributed by atoms with Crippen molar-refractivity contribution in [2.45, 2.75) is 26.9 Å². The normalized spacial score (nSPS) is 13.8. The molecule has 3 rings (SSSR count). The van der Waals surface area contributed by atoms with Crippen LogP contribution in [0.25, 0.3) is 0 Å². The SMILES string of the molecule is Cc1noc(C)c1COc1ccc2c(c1)CC(=O)NC2=O. The highest BCUT2D eigenvalue weighted by Gasteiger charge is 2.22. The van der Waals surface area contributed by atoms with Crippen LogP contribution in [-0.4, -0.2) is 17.0 Å². The number of fused-ring (bicyclic) bond motifs is 1. The summed E-state index contributed by atoms with van der Waals surface area (Å²) in [6.07, 6.45) is 0.184. The maximum atomic E-state index is 11.6. The van der Waals surface area contributed by atoms with Crippen LogP contribution in [0.4, 0.5) is 0 Å². The number of rotatable bonds is 3. The van der Waals surface area contributed by atoms with E-state index in [9.17, 15) is 9.59 Å². The van der Waals surface area contributed by atoms with Crippen LogP contribution in [0.3, 0.4) is 0 Å². The molecule has 0 fully saturated rings. The second-order valence-electron chi connectivity index (χ2n) is 4.96. The van der Waals surface area contributed by atoms with Gasteiger partial charge in [-0.1, -0.05) is 5.16 Å². The number of carbonyl (C=O) groups excluding carboxylic acids is 2. The summed E-state index contributed by atoms with van der Waals surface area (Å²) >= 11 is 0. The van der Waals surface area contributed by atoms with Crippen molar-refractivity contribution in [2.24, 2.45) is 0 Å². The second-order valence-corrected chi connectivity index (χ2v) is 4.96. The summed E-state index contributed by atoms with van der Waals surface area (Å²) < 4.78 is 10.8. The first kappa shape index (κ1) is 13.4. The fourth-order valence-corrected chi connectivity index (χ4v) is 2.30. The second kappa shape index (κ2) is 5.05. The highest BCUT2D eigenvalue weighted by atomic mass is 16.5. The lowest BCUT2D eigenvalue weighted by molar-refractivity contribution is -0.119. The molecule has 1 aliphatic heterocycles. The third-order valence-corrected chi connectivity index (χ3v) is 3.49. The van der Waals surface area contributed by atoms with Gasteiger partial charge < -0.3 is 9.26 Å². The van der Waals surface area contributed by atoms with E-state index in [1.165, 1.54) is 0 Å². The van der Waals surface area contributed by atoms with E-state index in [2.05, 4.69) is 10.5 Å². The summed E-state index contributed by atoms with van der Waals surface area (Å²) in [4.78, 5) is 23.0. The van der Waals surface area contributed by atoms with Crippen LogP contribution in [0.2, 0.25) is 0 Å². The Kier molecular flexibility index (Phi) is 3.21. The van der Waals surface area contributed by atoms with Gasteiger partial charge in [0.2, 0.25) is 5.91 Å². The fourth-order valence-electron chi connectivity index (χ4n) is 2.30. The first-order valence-electron chi connectivity index (χ1n) is 6.56. The van der Waals surface area contributed by atoms with E-state index >= 15 is 0 Å². The van der Waals surface area contributed by atoms with Crippen LogP contribution in [0.5, 0.6) is 5.75 Å². The van der Waals surface area contributed by atoms with Gasteiger partial charge >= 0.3 is 0 Å². The minimum absolute atomic E-state index is 0.184. The predicted molar refractivity (Wildman–Crippen MR) is 72.9 cm³/mol. The van der Waals surface area contributed by atoms with Gasteiger partial charge in [-0.2, -0.15) is 0 Å². The molecule has 0 atom stereocenters. The molecule has 1 aromatic heterocycles. The molecule has 21 heavy (non-hydrogen) atoms. The third kappa shape index (κ3) is 2.52. The Morgan fingerprint density at radius 2 is 2.14 bits per heavy atom. The number of hydrogen-bond acceptors (Lipinski definition) is 5. The number of benzene rings is 1. The van der Waals surface area contributed by atoms with E-state index in [4.69, 9.17) is 9.26 Å². The van der Waals surface area contributed by atoms with Crippen LogP contribution in [0, 0.1) is 13.8 Å². The highest BCUT2D eigenvalue weighted by Crippen LogP contribution is 2.23. The zero-order chi connectivity index (χ0) is 15.0. The van der Waals surface area contributed by atoms with Crippen molar-refractivity contribution in [1.29, 1.82) is 0 Å². The summed E-state index contributed by atoms with van der Waals surface area (Å²) in [5.74, 6) is 0.671. The van der Waals surface area contributed by atoms with E-state index in [1.54, 1.807) is 18.2 Å². The lowest BCUT2D eigenvalue weighted by Gasteiger charge is -2.16. The maximum Gasteiger partial charge on any atom is 0.258 e. The molecular weight excluding hydrogens is 272 g/mol. The fraction of sp³-hybridized carbons (Fsp3) is 0.267. The van der Waals surface area contributed by atoms with Gasteiger partial charge in [0.25, 0.3) is 5.91 Å². The summed E-state index contributed by atoms with van der Waals surface area (Å²) in [7, 11) is 0. The van der Waals surface area contributed by atoms with Crippen molar-refractivity contribution in [2.75, 3.05) is 0 Å². The Bertz CT molecular complexity index is 714. The molecule has 1 N–H and O–H groups in total. The van der Waals surface area contributed by atoms with Gasteiger partial charge in [-0.3, -0.25) is 14.9 Å². The van der Waals surface area contributed by atoms with E-state index < -0.39 is 0 Å². The summed E-state index contributed by atoms with van der Waals surface area (Å²) in [5, 5.41) is 6.15. The Morgan fingerprint density at radius 3 is 2.86 bits per heavy atom. The van der Waals surface area contributed by atoms with E-state index in [0.29, 0.717) is 23.5 Å². The molecule has 0 unspecified atom stereocenters. The zero-order valence-corrected chi connectivity index (χ0v) is 11.7. The van der Waals surface area contributed by atoms with Gasteiger partial charge in [-0.05, 0) is 37.6 Å². The van der Waals surface area contributed by atoms with Crippen molar-refractivity contribution >= 4 is 11.8 Å². The monoisotopic (exact) mass is 286 g/mol. The lowest BCUT2D eigenvalue weighted by atomic mass is 10.00. The molecule has 2 amide bonds. The predicted octanol–water partition coefficient (Wildman–Crippen LogP) is 1.68. The molecule has 0 radical (unpaired) electrons. The van der Waals surface area contributed by atoms with E-state index in [0.717, 1.165) is 17.0 Å². The Morgan fingerprint density at radius 1 is 1.33 bits per heavy atom. The van der Waals surface area contributed by atoms with Crippen molar-refractivity contribution in [1.82, 2.24) is 10.5 Å². The molecule has 2 aromatic rings. The number of amides is 2. The first-order valence-corrected chi connectivity index (χ1v) is 6.56. The van der Waals surface area contributed by atoms with Gasteiger partial charge in [0.15, 0.2) is 0 Å². The number of imide groups is 1. The van der Waals surface area contributed by atoms with Gasteiger partial charge in [-0.25, -0.2) is 0 Å². The molecule has 0 spiro atoms. The third-order valence-electron chi connectivity index (χ3n) is 3.49. The average Bonchev–Trinajstić information content (AvgIpc) is 2.75. The minimum Gasteiger partial charge on any atom is -0.489 e. The van der Waals surface area contributed by atoms with E-state index in [-0.39, 0.29) is 18.2 Å². The molecule has 1 aromatic carbocycles. The smallest absolute Gasteiger partial charge is 0.258 e. The quantitative estimate of drug-likeness (QED) is 0.868. The molecule has 6 nitrogen and oxygen atoms in total. The summed E-state index contributed by atoms with van der Waals surface area (Å²) in [6.45, 7) is 4.01. The molecule has 108 valence electrons. The number of ether oxygens (including phenoxy) is 1. The number of nitrogens with one attached hydrogen (secondary N) is 1. The van der Waals surface area contributed by atoms with Crippen LogP contribution < -0.4 is 10.1 Å². The van der Waals surface area contributed by atoms with Gasteiger partial charge in [-0.15, -0.1) is 0 Å². The first-order chi connectivity index (χ1) is 10.0. The van der Waals surface area contributed by atoms with Crippen LogP contribution in [-0.2, 0) is 17.8 Å². The largest absolute Gasteiger partial charge is 0.489 e. The minimum atomic E-state index is -0.362.